The molecule has 1 aliphatic heterocycles. The number of carbonyl (C=O) groups excluding carboxylic acids is 2. The van der Waals surface area contributed by atoms with E-state index < -0.39 is 18.0 Å². The predicted molar refractivity (Wildman–Crippen MR) is 77.8 cm³/mol. The normalized spacial score (nSPS) is 22.0. The summed E-state index contributed by atoms with van der Waals surface area (Å²) in [4.78, 5) is 38.1. The molecule has 21 heavy (non-hydrogen) atoms. The molecule has 1 rings (SSSR count). The molecule has 7 heteroatoms. The summed E-state index contributed by atoms with van der Waals surface area (Å²) in [7, 11) is 1.51. The number of carboxylic acid groups (broad SMARTS) is 1. The van der Waals surface area contributed by atoms with Gasteiger partial charge in [0.1, 0.15) is 12.6 Å². The van der Waals surface area contributed by atoms with Crippen LogP contribution in [0.5, 0.6) is 0 Å². The van der Waals surface area contributed by atoms with Gasteiger partial charge in [-0.1, -0.05) is 6.92 Å². The second-order valence-electron chi connectivity index (χ2n) is 5.96. The predicted octanol–water partition coefficient (Wildman–Crippen LogP) is 0.748. The first-order valence-electron chi connectivity index (χ1n) is 7.28. The number of likely N-dealkylation sites (tertiary alicyclic amines) is 1. The van der Waals surface area contributed by atoms with Crippen molar-refractivity contribution >= 4 is 17.9 Å². The van der Waals surface area contributed by atoms with Crippen molar-refractivity contribution in [2.75, 3.05) is 20.1 Å². The lowest BCUT2D eigenvalue weighted by molar-refractivity contribution is -0.145. The van der Waals surface area contributed by atoms with Gasteiger partial charge in [0.15, 0.2) is 0 Å². The van der Waals surface area contributed by atoms with E-state index in [1.165, 1.54) is 16.8 Å². The highest BCUT2D eigenvalue weighted by Crippen LogP contribution is 2.24. The molecule has 3 amide bonds. The monoisotopic (exact) mass is 299 g/mol. The second kappa shape index (κ2) is 7.28. The van der Waals surface area contributed by atoms with Crippen molar-refractivity contribution in [3.05, 3.63) is 0 Å². The Balaban J connectivity index is 2.71. The maximum Gasteiger partial charge on any atom is 0.326 e. The van der Waals surface area contributed by atoms with Crippen LogP contribution in [0.15, 0.2) is 0 Å². The van der Waals surface area contributed by atoms with Gasteiger partial charge in [-0.05, 0) is 32.6 Å². The molecule has 2 atom stereocenters. The Morgan fingerprint density at radius 3 is 2.52 bits per heavy atom. The third-order valence-corrected chi connectivity index (χ3v) is 3.59. The molecule has 0 aromatic heterocycles. The minimum atomic E-state index is -0.990. The Morgan fingerprint density at radius 2 is 2.00 bits per heavy atom. The van der Waals surface area contributed by atoms with Gasteiger partial charge in [0, 0.05) is 19.6 Å². The van der Waals surface area contributed by atoms with E-state index >= 15 is 0 Å². The molecule has 0 radical (unpaired) electrons. The summed E-state index contributed by atoms with van der Waals surface area (Å²) >= 11 is 0. The minimum Gasteiger partial charge on any atom is -0.480 e. The molecule has 1 saturated heterocycles. The molecule has 0 saturated carbocycles. The fraction of sp³-hybridized carbons (Fsp3) is 0.786. The molecule has 1 aliphatic rings. The zero-order valence-electron chi connectivity index (χ0n) is 13.1. The van der Waals surface area contributed by atoms with E-state index in [2.05, 4.69) is 5.32 Å². The maximum atomic E-state index is 12.4. The summed E-state index contributed by atoms with van der Waals surface area (Å²) in [5, 5.41) is 12.0. The van der Waals surface area contributed by atoms with E-state index in [1.807, 2.05) is 20.8 Å². The zero-order valence-corrected chi connectivity index (χ0v) is 13.1. The van der Waals surface area contributed by atoms with Crippen LogP contribution < -0.4 is 5.32 Å². The number of rotatable bonds is 4. The number of carboxylic acids is 1. The molecule has 2 N–H and O–H groups in total. The van der Waals surface area contributed by atoms with E-state index in [4.69, 9.17) is 0 Å². The number of aliphatic carboxylic acids is 1. The van der Waals surface area contributed by atoms with Crippen molar-refractivity contribution in [2.45, 2.75) is 45.7 Å². The first kappa shape index (κ1) is 17.3. The molecule has 1 heterocycles. The van der Waals surface area contributed by atoms with Crippen LogP contribution in [0.25, 0.3) is 0 Å². The van der Waals surface area contributed by atoms with Crippen LogP contribution in [0.3, 0.4) is 0 Å². The summed E-state index contributed by atoms with van der Waals surface area (Å²) < 4.78 is 0. The first-order valence-corrected chi connectivity index (χ1v) is 7.28. The highest BCUT2D eigenvalue weighted by Gasteiger charge is 2.38. The van der Waals surface area contributed by atoms with E-state index in [1.54, 1.807) is 0 Å². The summed E-state index contributed by atoms with van der Waals surface area (Å²) in [6.45, 7) is 5.85. The van der Waals surface area contributed by atoms with E-state index in [0.717, 1.165) is 12.8 Å². The number of hydrogen-bond acceptors (Lipinski definition) is 3. The molecule has 0 bridgehead atoms. The Kier molecular flexibility index (Phi) is 5.99. The number of urea groups is 1. The van der Waals surface area contributed by atoms with E-state index in [9.17, 15) is 19.5 Å². The summed E-state index contributed by atoms with van der Waals surface area (Å²) in [6.07, 6.45) is 1.57. The SMILES string of the molecule is CC(C)NC(=O)CN(C)C(=O)N1CCCC(C)C1C(=O)O. The van der Waals surface area contributed by atoms with Crippen LogP contribution in [0.4, 0.5) is 4.79 Å². The Labute approximate surface area is 125 Å². The van der Waals surface area contributed by atoms with Gasteiger partial charge in [-0.3, -0.25) is 4.79 Å². The van der Waals surface area contributed by atoms with Crippen LogP contribution in [0, 0.1) is 5.92 Å². The zero-order chi connectivity index (χ0) is 16.2. The quantitative estimate of drug-likeness (QED) is 0.801. The van der Waals surface area contributed by atoms with E-state index in [-0.39, 0.29) is 24.4 Å². The van der Waals surface area contributed by atoms with Crippen molar-refractivity contribution in [3.8, 4) is 0 Å². The molecule has 0 spiro atoms. The second-order valence-corrected chi connectivity index (χ2v) is 5.96. The number of amides is 3. The lowest BCUT2D eigenvalue weighted by Gasteiger charge is -2.39. The Morgan fingerprint density at radius 1 is 1.38 bits per heavy atom. The molecule has 0 aromatic rings. The van der Waals surface area contributed by atoms with Crippen LogP contribution in [0.1, 0.15) is 33.6 Å². The number of nitrogens with zero attached hydrogens (tertiary/aromatic N) is 2. The average molecular weight is 299 g/mol. The molecule has 7 nitrogen and oxygen atoms in total. The van der Waals surface area contributed by atoms with Crippen molar-refractivity contribution < 1.29 is 19.5 Å². The first-order chi connectivity index (χ1) is 9.73. The smallest absolute Gasteiger partial charge is 0.326 e. The number of nitrogens with one attached hydrogen (secondary N) is 1. The molecule has 0 aliphatic carbocycles. The Bertz CT molecular complexity index is 411. The fourth-order valence-corrected chi connectivity index (χ4v) is 2.65. The molecule has 120 valence electrons. The van der Waals surface area contributed by atoms with Crippen LogP contribution >= 0.6 is 0 Å². The lowest BCUT2D eigenvalue weighted by Crippen LogP contribution is -2.56. The average Bonchev–Trinajstić information content (AvgIpc) is 2.35. The molecule has 2 unspecified atom stereocenters. The summed E-state index contributed by atoms with van der Waals surface area (Å²) in [6, 6.07) is -1.22. The molecular weight excluding hydrogens is 274 g/mol. The van der Waals surface area contributed by atoms with Gasteiger partial charge in [0.2, 0.25) is 5.91 Å². The van der Waals surface area contributed by atoms with Crippen LogP contribution in [0.2, 0.25) is 0 Å². The lowest BCUT2D eigenvalue weighted by atomic mass is 9.91. The van der Waals surface area contributed by atoms with Gasteiger partial charge < -0.3 is 20.2 Å². The standard InChI is InChI=1S/C14H25N3O4/c1-9(2)15-11(18)8-16(4)14(21)17-7-5-6-10(3)12(17)13(19)20/h9-10,12H,5-8H2,1-4H3,(H,15,18)(H,19,20). The number of hydrogen-bond donors (Lipinski definition) is 2. The van der Waals surface area contributed by atoms with Crippen molar-refractivity contribution in [1.29, 1.82) is 0 Å². The van der Waals surface area contributed by atoms with Gasteiger partial charge in [-0.25, -0.2) is 9.59 Å². The Hall–Kier alpha value is -1.79. The van der Waals surface area contributed by atoms with Crippen molar-refractivity contribution in [1.82, 2.24) is 15.1 Å². The topological polar surface area (TPSA) is 90.0 Å². The number of likely N-dealkylation sites (N-methyl/N-ethyl adjacent to an activating group) is 1. The van der Waals surface area contributed by atoms with Crippen LogP contribution in [-0.2, 0) is 9.59 Å². The van der Waals surface area contributed by atoms with Crippen LogP contribution in [-0.4, -0.2) is 65.0 Å². The fourth-order valence-electron chi connectivity index (χ4n) is 2.65. The number of carbonyl (C=O) groups is 3. The van der Waals surface area contributed by atoms with Gasteiger partial charge in [-0.15, -0.1) is 0 Å². The van der Waals surface area contributed by atoms with Gasteiger partial charge >= 0.3 is 12.0 Å². The third kappa shape index (κ3) is 4.61. The number of piperidine rings is 1. The van der Waals surface area contributed by atoms with Gasteiger partial charge in [-0.2, -0.15) is 0 Å². The highest BCUT2D eigenvalue weighted by atomic mass is 16.4. The maximum absolute atomic E-state index is 12.4. The van der Waals surface area contributed by atoms with Gasteiger partial charge in [0.25, 0.3) is 0 Å². The van der Waals surface area contributed by atoms with Crippen molar-refractivity contribution in [2.24, 2.45) is 5.92 Å². The van der Waals surface area contributed by atoms with Crippen molar-refractivity contribution in [3.63, 3.8) is 0 Å². The third-order valence-electron chi connectivity index (χ3n) is 3.59. The largest absolute Gasteiger partial charge is 0.480 e. The molecule has 0 aromatic carbocycles. The summed E-state index contributed by atoms with van der Waals surface area (Å²) in [5.41, 5.74) is 0. The van der Waals surface area contributed by atoms with Gasteiger partial charge in [0.05, 0.1) is 0 Å². The summed E-state index contributed by atoms with van der Waals surface area (Å²) in [5.74, 6) is -1.33. The van der Waals surface area contributed by atoms with E-state index in [0.29, 0.717) is 6.54 Å². The highest BCUT2D eigenvalue weighted by molar-refractivity contribution is 5.87. The molecular formula is C14H25N3O4. The minimum absolute atomic E-state index is 0.00257. The molecule has 1 fully saturated rings.